The number of carbonyl (C=O) groups is 2. The fraction of sp³-hybridized carbons (Fsp3) is 0.364. The molecule has 0 bridgehead atoms. The van der Waals surface area contributed by atoms with Gasteiger partial charge in [0, 0.05) is 31.9 Å². The Balaban J connectivity index is 1.57. The van der Waals surface area contributed by atoms with Gasteiger partial charge in [-0.3, -0.25) is 14.5 Å². The number of hydrogen-bond donors (Lipinski definition) is 2. The van der Waals surface area contributed by atoms with Crippen molar-refractivity contribution in [3.8, 4) is 0 Å². The lowest BCUT2D eigenvalue weighted by Crippen LogP contribution is -2.51. The van der Waals surface area contributed by atoms with E-state index in [2.05, 4.69) is 10.6 Å². The number of nitrogens with one attached hydrogen (secondary N) is 2. The van der Waals surface area contributed by atoms with Crippen LogP contribution in [-0.2, 0) is 24.3 Å². The number of piperazine rings is 1. The van der Waals surface area contributed by atoms with Gasteiger partial charge in [0.1, 0.15) is 6.04 Å². The van der Waals surface area contributed by atoms with Crippen LogP contribution in [0.5, 0.6) is 0 Å². The van der Waals surface area contributed by atoms with E-state index in [9.17, 15) is 18.0 Å². The predicted molar refractivity (Wildman–Crippen MR) is 118 cm³/mol. The minimum atomic E-state index is -3.68. The maximum Gasteiger partial charge on any atom is 0.246 e. The Hall–Kier alpha value is -2.79. The van der Waals surface area contributed by atoms with Gasteiger partial charge in [0.2, 0.25) is 21.8 Å². The molecule has 2 aliphatic heterocycles. The summed E-state index contributed by atoms with van der Waals surface area (Å²) in [4.78, 5) is 27.2. The zero-order valence-corrected chi connectivity index (χ0v) is 18.4. The average Bonchev–Trinajstić information content (AvgIpc) is 2.81. The molecule has 9 nitrogen and oxygen atoms in total. The first-order valence-electron chi connectivity index (χ1n) is 10.5. The molecule has 2 N–H and O–H groups in total. The standard InChI is InChI=1S/C22H26N4O5S/c27-20-16-25(10-9-23-20)21(17-5-2-1-3-6-17)22(28)24-18-7-4-8-19(15-18)32(29,30)26-11-13-31-14-12-26/h1-8,15,21H,9-14,16H2,(H,23,27)(H,24,28)/t21-/m0/s1. The Morgan fingerprint density at radius 1 is 1.03 bits per heavy atom. The number of anilines is 1. The highest BCUT2D eigenvalue weighted by Crippen LogP contribution is 2.25. The second-order valence-corrected chi connectivity index (χ2v) is 9.61. The Morgan fingerprint density at radius 3 is 2.50 bits per heavy atom. The van der Waals surface area contributed by atoms with Gasteiger partial charge < -0.3 is 15.4 Å². The molecule has 2 heterocycles. The SMILES string of the molecule is O=C1CN([C@H](C(=O)Nc2cccc(S(=O)(=O)N3CCOCC3)c2)c2ccccc2)CCN1. The third-order valence-electron chi connectivity index (χ3n) is 5.51. The van der Waals surface area contributed by atoms with Gasteiger partial charge in [0.15, 0.2) is 0 Å². The zero-order chi connectivity index (χ0) is 22.6. The highest BCUT2D eigenvalue weighted by molar-refractivity contribution is 7.89. The van der Waals surface area contributed by atoms with E-state index in [0.29, 0.717) is 45.1 Å². The van der Waals surface area contributed by atoms with Crippen LogP contribution in [0.1, 0.15) is 11.6 Å². The zero-order valence-electron chi connectivity index (χ0n) is 17.6. The number of amides is 2. The monoisotopic (exact) mass is 458 g/mol. The summed E-state index contributed by atoms with van der Waals surface area (Å²) in [6, 6.07) is 14.8. The summed E-state index contributed by atoms with van der Waals surface area (Å²) < 4.78 is 32.6. The number of sulfonamides is 1. The van der Waals surface area contributed by atoms with Crippen molar-refractivity contribution in [1.82, 2.24) is 14.5 Å². The highest BCUT2D eigenvalue weighted by Gasteiger charge is 2.32. The first-order chi connectivity index (χ1) is 15.4. The molecule has 2 amide bonds. The normalized spacial score (nSPS) is 19.2. The summed E-state index contributed by atoms with van der Waals surface area (Å²) in [5.41, 5.74) is 1.14. The molecule has 0 spiro atoms. The second-order valence-electron chi connectivity index (χ2n) is 7.67. The van der Waals surface area contributed by atoms with Gasteiger partial charge in [-0.1, -0.05) is 36.4 Å². The minimum absolute atomic E-state index is 0.110. The van der Waals surface area contributed by atoms with Gasteiger partial charge in [-0.15, -0.1) is 0 Å². The molecule has 0 radical (unpaired) electrons. The van der Waals surface area contributed by atoms with Crippen molar-refractivity contribution < 1.29 is 22.7 Å². The van der Waals surface area contributed by atoms with E-state index in [1.165, 1.54) is 16.4 Å². The Kier molecular flexibility index (Phi) is 6.85. The Bertz CT molecular complexity index is 1070. The number of ether oxygens (including phenoxy) is 1. The van der Waals surface area contributed by atoms with Gasteiger partial charge >= 0.3 is 0 Å². The second kappa shape index (κ2) is 9.78. The molecule has 2 aromatic carbocycles. The summed E-state index contributed by atoms with van der Waals surface area (Å²) in [7, 11) is -3.68. The van der Waals surface area contributed by atoms with Gasteiger partial charge in [-0.2, -0.15) is 4.31 Å². The van der Waals surface area contributed by atoms with Crippen LogP contribution in [-0.4, -0.2) is 75.4 Å². The first-order valence-corrected chi connectivity index (χ1v) is 11.9. The van der Waals surface area contributed by atoms with Crippen LogP contribution >= 0.6 is 0 Å². The van der Waals surface area contributed by atoms with Crippen LogP contribution < -0.4 is 10.6 Å². The van der Waals surface area contributed by atoms with E-state index in [1.54, 1.807) is 12.1 Å². The van der Waals surface area contributed by atoms with E-state index < -0.39 is 16.1 Å². The molecular weight excluding hydrogens is 432 g/mol. The molecule has 2 aliphatic rings. The number of rotatable bonds is 6. The summed E-state index contributed by atoms with van der Waals surface area (Å²) in [5.74, 6) is -0.463. The van der Waals surface area contributed by atoms with Crippen LogP contribution in [0.15, 0.2) is 59.5 Å². The van der Waals surface area contributed by atoms with E-state index in [0.717, 1.165) is 5.56 Å². The van der Waals surface area contributed by atoms with Crippen molar-refractivity contribution in [2.24, 2.45) is 0 Å². The summed E-state index contributed by atoms with van der Waals surface area (Å²) in [6.07, 6.45) is 0. The molecule has 170 valence electrons. The fourth-order valence-corrected chi connectivity index (χ4v) is 5.38. The van der Waals surface area contributed by atoms with Crippen LogP contribution in [0.3, 0.4) is 0 Å². The van der Waals surface area contributed by atoms with Crippen LogP contribution in [0.2, 0.25) is 0 Å². The van der Waals surface area contributed by atoms with E-state index in [-0.39, 0.29) is 23.3 Å². The number of morpholine rings is 1. The van der Waals surface area contributed by atoms with Crippen molar-refractivity contribution in [3.05, 3.63) is 60.2 Å². The first kappa shape index (κ1) is 22.4. The molecule has 2 aromatic rings. The third-order valence-corrected chi connectivity index (χ3v) is 7.40. The van der Waals surface area contributed by atoms with Crippen LogP contribution in [0.4, 0.5) is 5.69 Å². The molecule has 10 heteroatoms. The molecule has 2 fully saturated rings. The van der Waals surface area contributed by atoms with Crippen molar-refractivity contribution in [1.29, 1.82) is 0 Å². The lowest BCUT2D eigenvalue weighted by atomic mass is 10.0. The van der Waals surface area contributed by atoms with E-state index in [4.69, 9.17) is 4.74 Å². The summed E-state index contributed by atoms with van der Waals surface area (Å²) in [6.45, 7) is 2.42. The largest absolute Gasteiger partial charge is 0.379 e. The van der Waals surface area contributed by atoms with E-state index in [1.807, 2.05) is 35.2 Å². The topological polar surface area (TPSA) is 108 Å². The minimum Gasteiger partial charge on any atom is -0.379 e. The van der Waals surface area contributed by atoms with Gasteiger partial charge in [-0.05, 0) is 23.8 Å². The molecule has 0 aromatic heterocycles. The Morgan fingerprint density at radius 2 is 1.78 bits per heavy atom. The van der Waals surface area contributed by atoms with Crippen molar-refractivity contribution in [2.75, 3.05) is 51.3 Å². The molecule has 4 rings (SSSR count). The quantitative estimate of drug-likeness (QED) is 0.664. The number of hydrogen-bond acceptors (Lipinski definition) is 6. The number of carbonyl (C=O) groups excluding carboxylic acids is 2. The van der Waals surface area contributed by atoms with Gasteiger partial charge in [0.05, 0.1) is 24.7 Å². The van der Waals surface area contributed by atoms with Crippen molar-refractivity contribution in [3.63, 3.8) is 0 Å². The number of nitrogens with zero attached hydrogens (tertiary/aromatic N) is 2. The smallest absolute Gasteiger partial charge is 0.246 e. The predicted octanol–water partition coefficient (Wildman–Crippen LogP) is 0.819. The average molecular weight is 459 g/mol. The molecular formula is C22H26N4O5S. The summed E-state index contributed by atoms with van der Waals surface area (Å²) in [5, 5.41) is 5.62. The van der Waals surface area contributed by atoms with Crippen molar-refractivity contribution in [2.45, 2.75) is 10.9 Å². The van der Waals surface area contributed by atoms with E-state index >= 15 is 0 Å². The van der Waals surface area contributed by atoms with Gasteiger partial charge in [0.25, 0.3) is 0 Å². The maximum atomic E-state index is 13.3. The highest BCUT2D eigenvalue weighted by atomic mass is 32.2. The lowest BCUT2D eigenvalue weighted by Gasteiger charge is -2.33. The fourth-order valence-electron chi connectivity index (χ4n) is 3.92. The molecule has 32 heavy (non-hydrogen) atoms. The van der Waals surface area contributed by atoms with Crippen molar-refractivity contribution >= 4 is 27.5 Å². The molecule has 2 saturated heterocycles. The molecule has 0 saturated carbocycles. The van der Waals surface area contributed by atoms with Gasteiger partial charge in [-0.25, -0.2) is 8.42 Å². The lowest BCUT2D eigenvalue weighted by molar-refractivity contribution is -0.128. The Labute approximate surface area is 187 Å². The van der Waals surface area contributed by atoms with Crippen LogP contribution in [0.25, 0.3) is 0 Å². The molecule has 0 unspecified atom stereocenters. The molecule has 1 atom stereocenters. The third kappa shape index (κ3) is 4.99. The van der Waals surface area contributed by atoms with Crippen LogP contribution in [0, 0.1) is 0 Å². The number of benzene rings is 2. The molecule has 0 aliphatic carbocycles. The maximum absolute atomic E-state index is 13.3. The summed E-state index contributed by atoms with van der Waals surface area (Å²) >= 11 is 0.